The highest BCUT2D eigenvalue weighted by Gasteiger charge is 2.20. The van der Waals surface area contributed by atoms with Gasteiger partial charge >= 0.3 is 0 Å². The molecular weight excluding hydrogens is 711 g/mol. The van der Waals surface area contributed by atoms with E-state index in [0.717, 1.165) is 71.6 Å². The summed E-state index contributed by atoms with van der Waals surface area (Å²) < 4.78 is 8.60. The van der Waals surface area contributed by atoms with Crippen LogP contribution >= 0.6 is 0 Å². The summed E-state index contributed by atoms with van der Waals surface area (Å²) in [4.78, 5) is 20.1. The topological polar surface area (TPSA) is 69.6 Å². The first-order valence-corrected chi connectivity index (χ1v) is 19.4. The Morgan fingerprint density at radius 3 is 1.83 bits per heavy atom. The summed E-state index contributed by atoms with van der Waals surface area (Å²) in [6.07, 6.45) is 3.55. The SMILES string of the molecule is c1cc(-c2ccc(-n3c4ccccc4c4ccccc43)cc2)cc(-c2nc(-c3cc4ccccc4c4ccccc34)nc(-c3cccc4oc5cnccc5c34)n2)c1. The molecule has 12 aromatic rings. The van der Waals surface area contributed by atoms with Crippen molar-refractivity contribution in [3.63, 3.8) is 0 Å². The average Bonchev–Trinajstić information content (AvgIpc) is 3.85. The van der Waals surface area contributed by atoms with E-state index in [9.17, 15) is 0 Å². The lowest BCUT2D eigenvalue weighted by Crippen LogP contribution is -2.01. The molecule has 8 aromatic carbocycles. The predicted octanol–water partition coefficient (Wildman–Crippen LogP) is 13.2. The molecule has 0 saturated heterocycles. The summed E-state index contributed by atoms with van der Waals surface area (Å²) in [7, 11) is 0. The second kappa shape index (κ2) is 12.8. The standard InChI is InChI=1S/C52H31N5O/c1-2-14-37-34(11-1)30-44(39-16-4-3-15-38(37)39)52-55-50(54-51(56-52)43-19-10-22-47-49(43)42-27-28-53-31-48(42)58-47)35-13-9-12-33(29-35)32-23-25-36(26-24-32)57-45-20-7-5-17-40(45)41-18-6-8-21-46(41)57/h1-31H. The summed E-state index contributed by atoms with van der Waals surface area (Å²) in [5.41, 5.74) is 9.86. The van der Waals surface area contributed by atoms with E-state index in [0.29, 0.717) is 17.5 Å². The molecule has 6 nitrogen and oxygen atoms in total. The number of furan rings is 1. The molecule has 6 heteroatoms. The van der Waals surface area contributed by atoms with E-state index in [2.05, 4.69) is 167 Å². The van der Waals surface area contributed by atoms with Crippen molar-refractivity contribution in [1.82, 2.24) is 24.5 Å². The smallest absolute Gasteiger partial charge is 0.164 e. The lowest BCUT2D eigenvalue weighted by Gasteiger charge is -2.13. The van der Waals surface area contributed by atoms with Crippen molar-refractivity contribution in [2.45, 2.75) is 0 Å². The van der Waals surface area contributed by atoms with E-state index in [-0.39, 0.29) is 0 Å². The van der Waals surface area contributed by atoms with E-state index >= 15 is 0 Å². The van der Waals surface area contributed by atoms with Crippen molar-refractivity contribution in [2.24, 2.45) is 0 Å². The van der Waals surface area contributed by atoms with Crippen LogP contribution in [0.1, 0.15) is 0 Å². The molecular formula is C52H31N5O. The van der Waals surface area contributed by atoms with Gasteiger partial charge in [-0.3, -0.25) is 4.98 Å². The number of rotatable bonds is 5. The molecule has 0 fully saturated rings. The van der Waals surface area contributed by atoms with Crippen molar-refractivity contribution < 1.29 is 4.42 Å². The molecule has 0 aliphatic heterocycles. The van der Waals surface area contributed by atoms with Gasteiger partial charge < -0.3 is 8.98 Å². The number of aromatic nitrogens is 5. The van der Waals surface area contributed by atoms with Gasteiger partial charge in [-0.2, -0.15) is 0 Å². The van der Waals surface area contributed by atoms with Crippen LogP contribution in [0.15, 0.2) is 193 Å². The van der Waals surface area contributed by atoms with E-state index in [4.69, 9.17) is 19.4 Å². The summed E-state index contributed by atoms with van der Waals surface area (Å²) in [5.74, 6) is 1.77. The van der Waals surface area contributed by atoms with E-state index in [1.807, 2.05) is 18.2 Å². The van der Waals surface area contributed by atoms with Crippen LogP contribution in [-0.2, 0) is 0 Å². The van der Waals surface area contributed by atoms with Gasteiger partial charge in [0.25, 0.3) is 0 Å². The van der Waals surface area contributed by atoms with Crippen LogP contribution < -0.4 is 0 Å². The van der Waals surface area contributed by atoms with E-state index in [1.165, 1.54) is 27.2 Å². The highest BCUT2D eigenvalue weighted by molar-refractivity contribution is 6.14. The average molecular weight is 742 g/mol. The van der Waals surface area contributed by atoms with Gasteiger partial charge in [0.2, 0.25) is 0 Å². The molecule has 0 amide bonds. The van der Waals surface area contributed by atoms with Gasteiger partial charge in [0.15, 0.2) is 23.1 Å². The molecule has 0 aliphatic carbocycles. The lowest BCUT2D eigenvalue weighted by molar-refractivity contribution is 0.667. The van der Waals surface area contributed by atoms with Gasteiger partial charge in [-0.1, -0.05) is 127 Å². The molecule has 0 unspecified atom stereocenters. The molecule has 12 rings (SSSR count). The number of benzene rings is 8. The maximum atomic E-state index is 6.25. The van der Waals surface area contributed by atoms with Crippen molar-refractivity contribution in [3.05, 3.63) is 188 Å². The fourth-order valence-electron chi connectivity index (χ4n) is 8.69. The molecule has 0 radical (unpaired) electrons. The summed E-state index contributed by atoms with van der Waals surface area (Å²) in [6.45, 7) is 0. The first kappa shape index (κ1) is 32.3. The summed E-state index contributed by atoms with van der Waals surface area (Å²) in [6, 6.07) is 61.7. The first-order valence-electron chi connectivity index (χ1n) is 19.4. The monoisotopic (exact) mass is 741 g/mol. The minimum atomic E-state index is 0.572. The normalized spacial score (nSPS) is 11.8. The Bertz CT molecular complexity index is 3530. The minimum absolute atomic E-state index is 0.572. The minimum Gasteiger partial charge on any atom is -0.454 e. The summed E-state index contributed by atoms with van der Waals surface area (Å²) >= 11 is 0. The number of nitrogens with zero attached hydrogens (tertiary/aromatic N) is 5. The fourth-order valence-corrected chi connectivity index (χ4v) is 8.69. The third kappa shape index (κ3) is 5.05. The molecule has 270 valence electrons. The van der Waals surface area contributed by atoms with E-state index in [1.54, 1.807) is 12.4 Å². The van der Waals surface area contributed by atoms with Crippen LogP contribution in [0.2, 0.25) is 0 Å². The second-order valence-electron chi connectivity index (χ2n) is 14.6. The Morgan fingerprint density at radius 2 is 1.03 bits per heavy atom. The lowest BCUT2D eigenvalue weighted by atomic mass is 9.96. The zero-order valence-electron chi connectivity index (χ0n) is 31.0. The number of para-hydroxylation sites is 2. The first-order chi connectivity index (χ1) is 28.7. The molecule has 0 aliphatic rings. The van der Waals surface area contributed by atoms with Crippen LogP contribution in [0.5, 0.6) is 0 Å². The number of fused-ring (bicyclic) bond motifs is 9. The highest BCUT2D eigenvalue weighted by Crippen LogP contribution is 2.39. The number of hydrogen-bond acceptors (Lipinski definition) is 5. The molecule has 4 aromatic heterocycles. The predicted molar refractivity (Wildman–Crippen MR) is 236 cm³/mol. The Kier molecular flexibility index (Phi) is 7.13. The third-order valence-electron chi connectivity index (χ3n) is 11.3. The van der Waals surface area contributed by atoms with Crippen LogP contribution in [0.25, 0.3) is 116 Å². The van der Waals surface area contributed by atoms with Crippen LogP contribution in [0, 0.1) is 0 Å². The molecule has 0 atom stereocenters. The van der Waals surface area contributed by atoms with Crippen molar-refractivity contribution in [2.75, 3.05) is 0 Å². The van der Waals surface area contributed by atoms with Gasteiger partial charge in [-0.05, 0) is 81.2 Å². The largest absolute Gasteiger partial charge is 0.454 e. The molecule has 0 bridgehead atoms. The van der Waals surface area contributed by atoms with Crippen molar-refractivity contribution in [3.8, 4) is 51.0 Å². The van der Waals surface area contributed by atoms with Gasteiger partial charge in [0.05, 0.1) is 17.2 Å². The molecule has 0 spiro atoms. The van der Waals surface area contributed by atoms with E-state index < -0.39 is 0 Å². The Balaban J connectivity index is 1.03. The van der Waals surface area contributed by atoms with Crippen molar-refractivity contribution in [1.29, 1.82) is 0 Å². The maximum Gasteiger partial charge on any atom is 0.164 e. The Hall–Kier alpha value is -7.96. The van der Waals surface area contributed by atoms with Crippen molar-refractivity contribution >= 4 is 65.3 Å². The van der Waals surface area contributed by atoms with Crippen LogP contribution in [0.3, 0.4) is 0 Å². The zero-order chi connectivity index (χ0) is 38.2. The molecule has 4 heterocycles. The third-order valence-corrected chi connectivity index (χ3v) is 11.3. The quantitative estimate of drug-likeness (QED) is 0.164. The maximum absolute atomic E-state index is 6.25. The summed E-state index contributed by atoms with van der Waals surface area (Å²) in [5, 5.41) is 8.96. The van der Waals surface area contributed by atoms with Crippen LogP contribution in [-0.4, -0.2) is 24.5 Å². The van der Waals surface area contributed by atoms with Crippen LogP contribution in [0.4, 0.5) is 0 Å². The highest BCUT2D eigenvalue weighted by atomic mass is 16.3. The number of hydrogen-bond donors (Lipinski definition) is 0. The zero-order valence-corrected chi connectivity index (χ0v) is 31.0. The Labute approximate surface area is 332 Å². The van der Waals surface area contributed by atoms with Gasteiger partial charge in [0.1, 0.15) is 5.58 Å². The van der Waals surface area contributed by atoms with Gasteiger partial charge in [-0.15, -0.1) is 0 Å². The molecule has 58 heavy (non-hydrogen) atoms. The fraction of sp³-hybridized carbons (Fsp3) is 0. The van der Waals surface area contributed by atoms with Gasteiger partial charge in [0, 0.05) is 50.1 Å². The van der Waals surface area contributed by atoms with Gasteiger partial charge in [-0.25, -0.2) is 15.0 Å². The Morgan fingerprint density at radius 1 is 0.397 bits per heavy atom. The number of pyridine rings is 1. The molecule has 0 N–H and O–H groups in total. The molecule has 0 saturated carbocycles. The second-order valence-corrected chi connectivity index (χ2v) is 14.6.